The van der Waals surface area contributed by atoms with Crippen LogP contribution in [0.3, 0.4) is 0 Å². The summed E-state index contributed by atoms with van der Waals surface area (Å²) >= 11 is 0. The molecule has 0 radical (unpaired) electrons. The predicted octanol–water partition coefficient (Wildman–Crippen LogP) is 0.581. The Balaban J connectivity index is 2.17. The quantitative estimate of drug-likeness (QED) is 0.797. The minimum atomic E-state index is -3.35. The average molecular weight is 301 g/mol. The standard InChI is InChI=1S/C12H23N5O2S/c1-4-16(5-2)20(18,19)17-8-6-7-11(9-17)12-14-13-10-15(12)3/h10-11H,4-9H2,1-3H3. The first-order valence-electron chi connectivity index (χ1n) is 7.09. The Morgan fingerprint density at radius 3 is 2.65 bits per heavy atom. The summed E-state index contributed by atoms with van der Waals surface area (Å²) in [6.45, 7) is 5.82. The molecule has 1 atom stereocenters. The van der Waals surface area contributed by atoms with Crippen LogP contribution in [0.5, 0.6) is 0 Å². The fourth-order valence-electron chi connectivity index (χ4n) is 2.74. The van der Waals surface area contributed by atoms with E-state index < -0.39 is 10.2 Å². The molecule has 1 saturated heterocycles. The number of aryl methyl sites for hydroxylation is 1. The molecule has 0 N–H and O–H groups in total. The molecule has 114 valence electrons. The molecule has 1 aliphatic heterocycles. The van der Waals surface area contributed by atoms with E-state index in [1.165, 1.54) is 4.31 Å². The summed E-state index contributed by atoms with van der Waals surface area (Å²) in [6.07, 6.45) is 3.47. The normalized spacial score (nSPS) is 21.5. The molecule has 0 bridgehead atoms. The lowest BCUT2D eigenvalue weighted by atomic mass is 9.99. The Hall–Kier alpha value is -0.990. The van der Waals surface area contributed by atoms with Gasteiger partial charge in [-0.25, -0.2) is 0 Å². The third-order valence-electron chi connectivity index (χ3n) is 3.85. The molecule has 1 fully saturated rings. The molecule has 1 aliphatic rings. The monoisotopic (exact) mass is 301 g/mol. The van der Waals surface area contributed by atoms with Crippen molar-refractivity contribution in [2.75, 3.05) is 26.2 Å². The second-order valence-corrected chi connectivity index (χ2v) is 7.02. The smallest absolute Gasteiger partial charge is 0.281 e. The first-order chi connectivity index (χ1) is 9.50. The van der Waals surface area contributed by atoms with Crippen LogP contribution in [0.4, 0.5) is 0 Å². The second kappa shape index (κ2) is 6.19. The Labute approximate surface area is 120 Å². The molecule has 0 aromatic carbocycles. The minimum absolute atomic E-state index is 0.126. The van der Waals surface area contributed by atoms with Crippen LogP contribution in [0, 0.1) is 0 Å². The van der Waals surface area contributed by atoms with Crippen molar-refractivity contribution in [3.63, 3.8) is 0 Å². The number of piperidine rings is 1. The number of nitrogens with zero attached hydrogens (tertiary/aromatic N) is 5. The van der Waals surface area contributed by atoms with Crippen LogP contribution in [-0.4, -0.2) is 58.0 Å². The molecule has 2 heterocycles. The molecule has 0 amide bonds. The summed E-state index contributed by atoms with van der Waals surface area (Å²) in [7, 11) is -1.46. The lowest BCUT2D eigenvalue weighted by Gasteiger charge is -2.34. The summed E-state index contributed by atoms with van der Waals surface area (Å²) in [5.41, 5.74) is 0. The van der Waals surface area contributed by atoms with Crippen molar-refractivity contribution in [1.29, 1.82) is 0 Å². The first kappa shape index (κ1) is 15.4. The van der Waals surface area contributed by atoms with Crippen LogP contribution in [0.2, 0.25) is 0 Å². The number of hydrogen-bond donors (Lipinski definition) is 0. The molecule has 0 spiro atoms. The maximum absolute atomic E-state index is 12.6. The number of rotatable bonds is 5. The topological polar surface area (TPSA) is 71.3 Å². The van der Waals surface area contributed by atoms with E-state index in [9.17, 15) is 8.42 Å². The van der Waals surface area contributed by atoms with Crippen molar-refractivity contribution in [2.45, 2.75) is 32.6 Å². The van der Waals surface area contributed by atoms with Crippen LogP contribution in [0.15, 0.2) is 6.33 Å². The maximum atomic E-state index is 12.6. The molecular weight excluding hydrogens is 278 g/mol. The highest BCUT2D eigenvalue weighted by atomic mass is 32.2. The summed E-state index contributed by atoms with van der Waals surface area (Å²) in [4.78, 5) is 0. The van der Waals surface area contributed by atoms with Crippen LogP contribution in [0.1, 0.15) is 38.4 Å². The highest BCUT2D eigenvalue weighted by Crippen LogP contribution is 2.27. The summed E-state index contributed by atoms with van der Waals surface area (Å²) in [5.74, 6) is 0.992. The molecule has 1 aromatic rings. The zero-order valence-electron chi connectivity index (χ0n) is 12.4. The van der Waals surface area contributed by atoms with E-state index in [-0.39, 0.29) is 5.92 Å². The highest BCUT2D eigenvalue weighted by Gasteiger charge is 2.34. The van der Waals surface area contributed by atoms with Gasteiger partial charge in [-0.15, -0.1) is 10.2 Å². The van der Waals surface area contributed by atoms with E-state index in [1.807, 2.05) is 25.5 Å². The first-order valence-corrected chi connectivity index (χ1v) is 8.49. The zero-order chi connectivity index (χ0) is 14.8. The van der Waals surface area contributed by atoms with E-state index in [4.69, 9.17) is 0 Å². The van der Waals surface area contributed by atoms with Gasteiger partial charge >= 0.3 is 0 Å². The third kappa shape index (κ3) is 2.87. The van der Waals surface area contributed by atoms with Gasteiger partial charge in [0.2, 0.25) is 0 Å². The molecule has 2 rings (SSSR count). The van der Waals surface area contributed by atoms with Gasteiger partial charge < -0.3 is 4.57 Å². The van der Waals surface area contributed by atoms with Crippen LogP contribution >= 0.6 is 0 Å². The lowest BCUT2D eigenvalue weighted by molar-refractivity contribution is 0.281. The molecule has 7 nitrogen and oxygen atoms in total. The van der Waals surface area contributed by atoms with Crippen LogP contribution < -0.4 is 0 Å². The van der Waals surface area contributed by atoms with Crippen molar-refractivity contribution in [3.05, 3.63) is 12.2 Å². The van der Waals surface area contributed by atoms with Gasteiger partial charge in [0.25, 0.3) is 10.2 Å². The van der Waals surface area contributed by atoms with E-state index in [2.05, 4.69) is 10.2 Å². The molecular formula is C12H23N5O2S. The van der Waals surface area contributed by atoms with Gasteiger partial charge in [0.15, 0.2) is 0 Å². The van der Waals surface area contributed by atoms with Crippen molar-refractivity contribution in [2.24, 2.45) is 7.05 Å². The van der Waals surface area contributed by atoms with E-state index >= 15 is 0 Å². The fourth-order valence-corrected chi connectivity index (χ4v) is 4.45. The third-order valence-corrected chi connectivity index (χ3v) is 6.01. The molecule has 20 heavy (non-hydrogen) atoms. The zero-order valence-corrected chi connectivity index (χ0v) is 13.2. The second-order valence-electron chi connectivity index (χ2n) is 5.09. The van der Waals surface area contributed by atoms with Gasteiger partial charge in [0.05, 0.1) is 0 Å². The van der Waals surface area contributed by atoms with E-state index in [0.717, 1.165) is 18.7 Å². The summed E-state index contributed by atoms with van der Waals surface area (Å²) < 4.78 is 30.1. The average Bonchev–Trinajstić information content (AvgIpc) is 2.86. The molecule has 8 heteroatoms. The van der Waals surface area contributed by atoms with E-state index in [0.29, 0.717) is 26.2 Å². The SMILES string of the molecule is CCN(CC)S(=O)(=O)N1CCCC(c2nncn2C)C1. The van der Waals surface area contributed by atoms with Gasteiger partial charge in [0, 0.05) is 39.1 Å². The summed E-state index contributed by atoms with van der Waals surface area (Å²) in [6, 6.07) is 0. The Morgan fingerprint density at radius 1 is 1.40 bits per heavy atom. The fraction of sp³-hybridized carbons (Fsp3) is 0.833. The molecule has 0 aliphatic carbocycles. The Kier molecular flexibility index (Phi) is 4.77. The largest absolute Gasteiger partial charge is 0.320 e. The van der Waals surface area contributed by atoms with Crippen molar-refractivity contribution in [1.82, 2.24) is 23.4 Å². The van der Waals surface area contributed by atoms with Crippen molar-refractivity contribution >= 4 is 10.2 Å². The highest BCUT2D eigenvalue weighted by molar-refractivity contribution is 7.86. The predicted molar refractivity (Wildman–Crippen MR) is 76.4 cm³/mol. The molecule has 0 saturated carbocycles. The minimum Gasteiger partial charge on any atom is -0.320 e. The Bertz CT molecular complexity index is 538. The number of hydrogen-bond acceptors (Lipinski definition) is 4. The maximum Gasteiger partial charge on any atom is 0.281 e. The lowest BCUT2D eigenvalue weighted by Crippen LogP contribution is -2.47. The molecule has 1 unspecified atom stereocenters. The van der Waals surface area contributed by atoms with Gasteiger partial charge in [-0.05, 0) is 12.8 Å². The van der Waals surface area contributed by atoms with Crippen molar-refractivity contribution < 1.29 is 8.42 Å². The summed E-state index contributed by atoms with van der Waals surface area (Å²) in [5, 5.41) is 8.01. The Morgan fingerprint density at radius 2 is 2.10 bits per heavy atom. The van der Waals surface area contributed by atoms with Gasteiger partial charge in [-0.1, -0.05) is 13.8 Å². The van der Waals surface area contributed by atoms with Gasteiger partial charge in [-0.2, -0.15) is 17.0 Å². The van der Waals surface area contributed by atoms with Gasteiger partial charge in [-0.3, -0.25) is 0 Å². The van der Waals surface area contributed by atoms with Gasteiger partial charge in [0.1, 0.15) is 12.2 Å². The van der Waals surface area contributed by atoms with Crippen LogP contribution in [0.25, 0.3) is 0 Å². The van der Waals surface area contributed by atoms with E-state index in [1.54, 1.807) is 10.6 Å². The molecule has 1 aromatic heterocycles. The van der Waals surface area contributed by atoms with Crippen molar-refractivity contribution in [3.8, 4) is 0 Å². The number of aromatic nitrogens is 3. The van der Waals surface area contributed by atoms with Crippen LogP contribution in [-0.2, 0) is 17.3 Å².